The fourth-order valence-corrected chi connectivity index (χ4v) is 3.94. The molecule has 1 N–H and O–H groups in total. The molecular formula is C18H20F2N4O2S. The van der Waals surface area contributed by atoms with Crippen LogP contribution < -0.4 is 10.2 Å². The van der Waals surface area contributed by atoms with Crippen molar-refractivity contribution >= 4 is 29.0 Å². The lowest BCUT2D eigenvalue weighted by Gasteiger charge is -2.34. The predicted octanol–water partition coefficient (Wildman–Crippen LogP) is 2.64. The number of hydrogen-bond donors (Lipinski definition) is 1. The minimum atomic E-state index is -0.795. The Labute approximate surface area is 159 Å². The van der Waals surface area contributed by atoms with Gasteiger partial charge in [-0.15, -0.1) is 11.3 Å². The molecule has 3 amide bonds. The molecule has 1 saturated heterocycles. The van der Waals surface area contributed by atoms with Crippen molar-refractivity contribution in [3.05, 3.63) is 45.4 Å². The van der Waals surface area contributed by atoms with Crippen LogP contribution in [-0.2, 0) is 11.2 Å². The first-order valence-corrected chi connectivity index (χ1v) is 9.38. The number of hydrogen-bond acceptors (Lipinski definition) is 4. The van der Waals surface area contributed by atoms with Crippen LogP contribution in [0.3, 0.4) is 0 Å². The number of halogens is 2. The maximum absolute atomic E-state index is 13.9. The number of rotatable bonds is 4. The Hall–Kier alpha value is -2.55. The van der Waals surface area contributed by atoms with Crippen LogP contribution in [0.5, 0.6) is 0 Å². The van der Waals surface area contributed by atoms with Crippen LogP contribution in [-0.4, -0.2) is 48.0 Å². The highest BCUT2D eigenvalue weighted by Crippen LogP contribution is 2.22. The van der Waals surface area contributed by atoms with Crippen LogP contribution in [0.15, 0.2) is 18.2 Å². The monoisotopic (exact) mass is 394 g/mol. The molecule has 0 atom stereocenters. The average Bonchev–Trinajstić information content (AvgIpc) is 2.93. The van der Waals surface area contributed by atoms with Gasteiger partial charge >= 0.3 is 6.03 Å². The van der Waals surface area contributed by atoms with E-state index in [2.05, 4.69) is 10.3 Å². The molecule has 3 rings (SSSR count). The summed E-state index contributed by atoms with van der Waals surface area (Å²) < 4.78 is 26.9. The SMILES string of the molecule is Cc1nc(C)c(CCNC(=O)N2CCN(c3ccc(F)cc3F)C(=O)C2)s1. The van der Waals surface area contributed by atoms with Gasteiger partial charge in [-0.3, -0.25) is 4.79 Å². The number of anilines is 1. The first kappa shape index (κ1) is 19.2. The molecule has 0 spiro atoms. The van der Waals surface area contributed by atoms with Gasteiger partial charge in [0, 0.05) is 37.0 Å². The first-order chi connectivity index (χ1) is 12.8. The summed E-state index contributed by atoms with van der Waals surface area (Å²) in [5.41, 5.74) is 0.995. The van der Waals surface area contributed by atoms with Gasteiger partial charge in [0.2, 0.25) is 5.91 Å². The number of carbonyl (C=O) groups excluding carboxylic acids is 2. The van der Waals surface area contributed by atoms with E-state index < -0.39 is 17.5 Å². The number of nitrogens with one attached hydrogen (secondary N) is 1. The maximum Gasteiger partial charge on any atom is 0.317 e. The fraction of sp³-hybridized carbons (Fsp3) is 0.389. The van der Waals surface area contributed by atoms with Crippen molar-refractivity contribution in [2.24, 2.45) is 0 Å². The van der Waals surface area contributed by atoms with Crippen molar-refractivity contribution in [3.8, 4) is 0 Å². The molecule has 0 radical (unpaired) electrons. The molecular weight excluding hydrogens is 374 g/mol. The van der Waals surface area contributed by atoms with Crippen molar-refractivity contribution < 1.29 is 18.4 Å². The molecule has 2 aromatic rings. The minimum absolute atomic E-state index is 0.0255. The highest BCUT2D eigenvalue weighted by atomic mass is 32.1. The smallest absolute Gasteiger partial charge is 0.317 e. The number of carbonyl (C=O) groups is 2. The third kappa shape index (κ3) is 4.41. The highest BCUT2D eigenvalue weighted by molar-refractivity contribution is 7.11. The zero-order valence-electron chi connectivity index (χ0n) is 15.1. The van der Waals surface area contributed by atoms with Gasteiger partial charge in [0.1, 0.15) is 18.2 Å². The van der Waals surface area contributed by atoms with E-state index in [1.54, 1.807) is 11.3 Å². The second kappa shape index (κ2) is 7.99. The summed E-state index contributed by atoms with van der Waals surface area (Å²) in [5, 5.41) is 3.79. The molecule has 0 aliphatic carbocycles. The average molecular weight is 394 g/mol. The largest absolute Gasteiger partial charge is 0.338 e. The van der Waals surface area contributed by atoms with Gasteiger partial charge in [0.15, 0.2) is 0 Å². The lowest BCUT2D eigenvalue weighted by atomic mass is 10.2. The molecule has 2 heterocycles. The molecule has 1 aliphatic heterocycles. The third-order valence-electron chi connectivity index (χ3n) is 4.34. The summed E-state index contributed by atoms with van der Waals surface area (Å²) >= 11 is 1.60. The van der Waals surface area contributed by atoms with Gasteiger partial charge in [0.05, 0.1) is 16.4 Å². The van der Waals surface area contributed by atoms with Crippen molar-refractivity contribution in [2.45, 2.75) is 20.3 Å². The van der Waals surface area contributed by atoms with Gasteiger partial charge in [-0.2, -0.15) is 0 Å². The zero-order valence-corrected chi connectivity index (χ0v) is 15.9. The van der Waals surface area contributed by atoms with Gasteiger partial charge in [-0.25, -0.2) is 18.6 Å². The molecule has 0 saturated carbocycles. The molecule has 144 valence electrons. The van der Waals surface area contributed by atoms with E-state index in [0.717, 1.165) is 27.7 Å². The first-order valence-electron chi connectivity index (χ1n) is 8.56. The Morgan fingerprint density at radius 2 is 2.07 bits per heavy atom. The number of piperazine rings is 1. The Bertz CT molecular complexity index is 871. The van der Waals surface area contributed by atoms with Gasteiger partial charge in [-0.1, -0.05) is 0 Å². The standard InChI is InChI=1S/C18H20F2N4O2S/c1-11-16(27-12(2)22-11)5-6-21-18(26)23-7-8-24(17(25)10-23)15-4-3-13(19)9-14(15)20/h3-4,9H,5-8,10H2,1-2H3,(H,21,26). The number of aryl methyl sites for hydroxylation is 2. The lowest BCUT2D eigenvalue weighted by molar-refractivity contribution is -0.120. The van der Waals surface area contributed by atoms with E-state index in [9.17, 15) is 18.4 Å². The predicted molar refractivity (Wildman–Crippen MR) is 99.0 cm³/mol. The molecule has 6 nitrogen and oxygen atoms in total. The molecule has 9 heteroatoms. The molecule has 1 aromatic carbocycles. The topological polar surface area (TPSA) is 65.5 Å². The van der Waals surface area contributed by atoms with Gasteiger partial charge < -0.3 is 15.1 Å². The summed E-state index contributed by atoms with van der Waals surface area (Å²) in [7, 11) is 0. The Morgan fingerprint density at radius 1 is 1.30 bits per heavy atom. The van der Waals surface area contributed by atoms with Crippen molar-refractivity contribution in [3.63, 3.8) is 0 Å². The Morgan fingerprint density at radius 3 is 2.70 bits per heavy atom. The number of benzene rings is 1. The molecule has 1 aliphatic rings. The number of aromatic nitrogens is 1. The number of nitrogens with zero attached hydrogens (tertiary/aromatic N) is 3. The van der Waals surface area contributed by atoms with Crippen molar-refractivity contribution in [2.75, 3.05) is 31.1 Å². The van der Waals surface area contributed by atoms with E-state index in [0.29, 0.717) is 13.0 Å². The van der Waals surface area contributed by atoms with Crippen LogP contribution in [0.4, 0.5) is 19.3 Å². The normalized spacial score (nSPS) is 14.6. The molecule has 0 bridgehead atoms. The van der Waals surface area contributed by atoms with E-state index in [-0.39, 0.29) is 31.4 Å². The van der Waals surface area contributed by atoms with E-state index in [4.69, 9.17) is 0 Å². The van der Waals surface area contributed by atoms with E-state index >= 15 is 0 Å². The summed E-state index contributed by atoms with van der Waals surface area (Å²) in [5.74, 6) is -1.90. The highest BCUT2D eigenvalue weighted by Gasteiger charge is 2.29. The quantitative estimate of drug-likeness (QED) is 0.867. The molecule has 1 aromatic heterocycles. The van der Waals surface area contributed by atoms with Gasteiger partial charge in [0.25, 0.3) is 0 Å². The minimum Gasteiger partial charge on any atom is -0.338 e. The zero-order chi connectivity index (χ0) is 19.6. The van der Waals surface area contributed by atoms with Crippen LogP contribution >= 0.6 is 11.3 Å². The fourth-order valence-electron chi connectivity index (χ4n) is 3.00. The third-order valence-corrected chi connectivity index (χ3v) is 5.47. The second-order valence-corrected chi connectivity index (χ2v) is 7.57. The van der Waals surface area contributed by atoms with Crippen LogP contribution in [0.2, 0.25) is 0 Å². The van der Waals surface area contributed by atoms with E-state index in [1.165, 1.54) is 15.9 Å². The number of urea groups is 1. The van der Waals surface area contributed by atoms with Crippen LogP contribution in [0.1, 0.15) is 15.6 Å². The van der Waals surface area contributed by atoms with E-state index in [1.807, 2.05) is 13.8 Å². The maximum atomic E-state index is 13.9. The van der Waals surface area contributed by atoms with Crippen LogP contribution in [0.25, 0.3) is 0 Å². The molecule has 1 fully saturated rings. The summed E-state index contributed by atoms with van der Waals surface area (Å²) in [6.45, 7) is 4.60. The molecule has 0 unspecified atom stereocenters. The lowest BCUT2D eigenvalue weighted by Crippen LogP contribution is -2.55. The second-order valence-electron chi connectivity index (χ2n) is 6.29. The van der Waals surface area contributed by atoms with Gasteiger partial charge in [-0.05, 0) is 26.0 Å². The van der Waals surface area contributed by atoms with Crippen molar-refractivity contribution in [1.29, 1.82) is 0 Å². The van der Waals surface area contributed by atoms with Crippen molar-refractivity contribution in [1.82, 2.24) is 15.2 Å². The molecule has 27 heavy (non-hydrogen) atoms. The Balaban J connectivity index is 1.53. The summed E-state index contributed by atoms with van der Waals surface area (Å²) in [6, 6.07) is 2.75. The number of amides is 3. The van der Waals surface area contributed by atoms with Crippen LogP contribution in [0, 0.1) is 25.5 Å². The summed E-state index contributed by atoms with van der Waals surface area (Å²) in [6.07, 6.45) is 0.678. The number of thiazole rings is 1. The Kier molecular flexibility index (Phi) is 5.69. The summed E-state index contributed by atoms with van der Waals surface area (Å²) in [4.78, 5) is 32.7.